The van der Waals surface area contributed by atoms with Crippen molar-refractivity contribution in [1.29, 1.82) is 0 Å². The number of ether oxygens (including phenoxy) is 2. The molecule has 0 aromatic heterocycles. The molecule has 3 heteroatoms. The Morgan fingerprint density at radius 1 is 1.33 bits per heavy atom. The van der Waals surface area contributed by atoms with Crippen LogP contribution in [-0.4, -0.2) is 26.1 Å². The molecule has 1 aromatic rings. The topological polar surface area (TPSA) is 35.5 Å². The summed E-state index contributed by atoms with van der Waals surface area (Å²) >= 11 is 0. The van der Waals surface area contributed by atoms with Crippen molar-refractivity contribution in [3.63, 3.8) is 0 Å². The molecule has 18 heavy (non-hydrogen) atoms. The molecule has 0 radical (unpaired) electrons. The van der Waals surface area contributed by atoms with Gasteiger partial charge in [-0.3, -0.25) is 4.79 Å². The van der Waals surface area contributed by atoms with Gasteiger partial charge in [0.05, 0.1) is 13.2 Å². The van der Waals surface area contributed by atoms with Gasteiger partial charge in [0.25, 0.3) is 0 Å². The van der Waals surface area contributed by atoms with E-state index in [0.29, 0.717) is 25.6 Å². The second-order valence-electron chi connectivity index (χ2n) is 4.50. The SMILES string of the molecule is CCOc1ccc(C(=O)CCOC)c(C(C)C)c1. The highest BCUT2D eigenvalue weighted by Gasteiger charge is 2.14. The van der Waals surface area contributed by atoms with Gasteiger partial charge in [0.2, 0.25) is 0 Å². The maximum Gasteiger partial charge on any atom is 0.165 e. The van der Waals surface area contributed by atoms with Gasteiger partial charge >= 0.3 is 0 Å². The molecule has 0 aliphatic heterocycles. The van der Waals surface area contributed by atoms with E-state index in [1.54, 1.807) is 7.11 Å². The number of rotatable bonds is 7. The molecule has 0 saturated carbocycles. The van der Waals surface area contributed by atoms with Gasteiger partial charge in [-0.15, -0.1) is 0 Å². The minimum atomic E-state index is 0.128. The first-order valence-corrected chi connectivity index (χ1v) is 6.39. The summed E-state index contributed by atoms with van der Waals surface area (Å²) in [4.78, 5) is 12.1. The predicted octanol–water partition coefficient (Wildman–Crippen LogP) is 3.43. The average Bonchev–Trinajstić information content (AvgIpc) is 2.36. The molecular weight excluding hydrogens is 228 g/mol. The van der Waals surface area contributed by atoms with Crippen molar-refractivity contribution >= 4 is 5.78 Å². The van der Waals surface area contributed by atoms with Crippen molar-refractivity contribution in [1.82, 2.24) is 0 Å². The Labute approximate surface area is 109 Å². The van der Waals surface area contributed by atoms with Crippen LogP contribution in [0.3, 0.4) is 0 Å². The van der Waals surface area contributed by atoms with Gasteiger partial charge in [0.15, 0.2) is 5.78 Å². The quantitative estimate of drug-likeness (QED) is 0.695. The van der Waals surface area contributed by atoms with Crippen LogP contribution in [0.2, 0.25) is 0 Å². The number of hydrogen-bond donors (Lipinski definition) is 0. The molecule has 3 nitrogen and oxygen atoms in total. The van der Waals surface area contributed by atoms with Crippen LogP contribution >= 0.6 is 0 Å². The summed E-state index contributed by atoms with van der Waals surface area (Å²) in [6.45, 7) is 7.21. The van der Waals surface area contributed by atoms with Crippen LogP contribution in [-0.2, 0) is 4.74 Å². The average molecular weight is 250 g/mol. The Morgan fingerprint density at radius 2 is 2.06 bits per heavy atom. The Bertz CT molecular complexity index is 397. The van der Waals surface area contributed by atoms with Crippen molar-refractivity contribution in [3.05, 3.63) is 29.3 Å². The summed E-state index contributed by atoms with van der Waals surface area (Å²) in [5.74, 6) is 1.25. The summed E-state index contributed by atoms with van der Waals surface area (Å²) < 4.78 is 10.4. The van der Waals surface area contributed by atoms with Gasteiger partial charge in [0.1, 0.15) is 5.75 Å². The molecular formula is C15H22O3. The zero-order valence-electron chi connectivity index (χ0n) is 11.7. The first-order chi connectivity index (χ1) is 8.60. The molecule has 0 saturated heterocycles. The van der Waals surface area contributed by atoms with Gasteiger partial charge < -0.3 is 9.47 Å². The van der Waals surface area contributed by atoms with E-state index < -0.39 is 0 Å². The number of methoxy groups -OCH3 is 1. The normalized spacial score (nSPS) is 10.7. The summed E-state index contributed by atoms with van der Waals surface area (Å²) in [5.41, 5.74) is 1.83. The molecule has 0 aliphatic carbocycles. The summed E-state index contributed by atoms with van der Waals surface area (Å²) in [7, 11) is 1.61. The number of ketones is 1. The highest BCUT2D eigenvalue weighted by molar-refractivity contribution is 5.97. The lowest BCUT2D eigenvalue weighted by molar-refractivity contribution is 0.0931. The van der Waals surface area contributed by atoms with Crippen LogP contribution in [0, 0.1) is 0 Å². The Hall–Kier alpha value is -1.35. The first kappa shape index (κ1) is 14.7. The van der Waals surface area contributed by atoms with Crippen LogP contribution in [0.1, 0.15) is 49.0 Å². The van der Waals surface area contributed by atoms with Crippen LogP contribution in [0.4, 0.5) is 0 Å². The van der Waals surface area contributed by atoms with E-state index in [1.807, 2.05) is 25.1 Å². The van der Waals surface area contributed by atoms with E-state index in [2.05, 4.69) is 13.8 Å². The smallest absolute Gasteiger partial charge is 0.165 e. The van der Waals surface area contributed by atoms with Crippen molar-refractivity contribution in [2.75, 3.05) is 20.3 Å². The lowest BCUT2D eigenvalue weighted by Crippen LogP contribution is -2.08. The van der Waals surface area contributed by atoms with Gasteiger partial charge in [-0.1, -0.05) is 13.8 Å². The van der Waals surface area contributed by atoms with Gasteiger partial charge in [0, 0.05) is 19.1 Å². The Morgan fingerprint density at radius 3 is 2.61 bits per heavy atom. The standard InChI is InChI=1S/C15H22O3/c1-5-18-12-6-7-13(14(10-12)11(2)3)15(16)8-9-17-4/h6-7,10-11H,5,8-9H2,1-4H3. The van der Waals surface area contributed by atoms with Gasteiger partial charge in [-0.2, -0.15) is 0 Å². The summed E-state index contributed by atoms with van der Waals surface area (Å²) in [5, 5.41) is 0. The maximum atomic E-state index is 12.1. The lowest BCUT2D eigenvalue weighted by Gasteiger charge is -2.14. The molecule has 100 valence electrons. The van der Waals surface area contributed by atoms with E-state index >= 15 is 0 Å². The number of Topliss-reactive ketones (excluding diaryl/α,β-unsaturated/α-hetero) is 1. The fourth-order valence-electron chi connectivity index (χ4n) is 1.86. The predicted molar refractivity (Wildman–Crippen MR) is 72.5 cm³/mol. The van der Waals surface area contributed by atoms with Crippen molar-refractivity contribution in [2.45, 2.75) is 33.1 Å². The lowest BCUT2D eigenvalue weighted by atomic mass is 9.93. The van der Waals surface area contributed by atoms with E-state index in [4.69, 9.17) is 9.47 Å². The molecule has 0 spiro atoms. The monoisotopic (exact) mass is 250 g/mol. The fraction of sp³-hybridized carbons (Fsp3) is 0.533. The van der Waals surface area contributed by atoms with E-state index in [1.165, 1.54) is 0 Å². The molecule has 0 N–H and O–H groups in total. The third-order valence-corrected chi connectivity index (χ3v) is 2.79. The van der Waals surface area contributed by atoms with Crippen LogP contribution in [0.25, 0.3) is 0 Å². The molecule has 0 amide bonds. The zero-order chi connectivity index (χ0) is 13.5. The Kier molecular flexibility index (Phi) is 5.86. The Balaban J connectivity index is 2.99. The molecule has 0 heterocycles. The van der Waals surface area contributed by atoms with Crippen molar-refractivity contribution < 1.29 is 14.3 Å². The molecule has 0 bridgehead atoms. The second kappa shape index (κ2) is 7.17. The summed E-state index contributed by atoms with van der Waals surface area (Å²) in [6, 6.07) is 5.68. The van der Waals surface area contributed by atoms with Crippen LogP contribution < -0.4 is 4.74 Å². The first-order valence-electron chi connectivity index (χ1n) is 6.39. The third kappa shape index (κ3) is 3.84. The molecule has 0 unspecified atom stereocenters. The third-order valence-electron chi connectivity index (χ3n) is 2.79. The van der Waals surface area contributed by atoms with E-state index in [0.717, 1.165) is 16.9 Å². The number of carbonyl (C=O) groups is 1. The van der Waals surface area contributed by atoms with E-state index in [-0.39, 0.29) is 5.78 Å². The fourth-order valence-corrected chi connectivity index (χ4v) is 1.86. The second-order valence-corrected chi connectivity index (χ2v) is 4.50. The van der Waals surface area contributed by atoms with Gasteiger partial charge in [-0.25, -0.2) is 0 Å². The molecule has 0 fully saturated rings. The maximum absolute atomic E-state index is 12.1. The molecule has 1 rings (SSSR count). The zero-order valence-corrected chi connectivity index (χ0v) is 11.7. The summed E-state index contributed by atoms with van der Waals surface area (Å²) in [6.07, 6.45) is 0.421. The van der Waals surface area contributed by atoms with Crippen molar-refractivity contribution in [2.24, 2.45) is 0 Å². The largest absolute Gasteiger partial charge is 0.494 e. The number of benzene rings is 1. The highest BCUT2D eigenvalue weighted by atomic mass is 16.5. The van der Waals surface area contributed by atoms with Gasteiger partial charge in [-0.05, 0) is 36.6 Å². The number of carbonyl (C=O) groups excluding carboxylic acids is 1. The van der Waals surface area contributed by atoms with Crippen LogP contribution in [0.15, 0.2) is 18.2 Å². The highest BCUT2D eigenvalue weighted by Crippen LogP contribution is 2.25. The molecule has 0 aliphatic rings. The molecule has 1 aromatic carbocycles. The van der Waals surface area contributed by atoms with E-state index in [9.17, 15) is 4.79 Å². The minimum absolute atomic E-state index is 0.128. The minimum Gasteiger partial charge on any atom is -0.494 e. The van der Waals surface area contributed by atoms with Crippen molar-refractivity contribution in [3.8, 4) is 5.75 Å². The van der Waals surface area contributed by atoms with Crippen LogP contribution in [0.5, 0.6) is 5.75 Å². The number of hydrogen-bond acceptors (Lipinski definition) is 3. The molecule has 0 atom stereocenters.